The molecule has 0 aliphatic heterocycles. The zero-order valence-corrected chi connectivity index (χ0v) is 13.0. The van der Waals surface area contributed by atoms with E-state index in [1.54, 1.807) is 17.5 Å². The second kappa shape index (κ2) is 5.55. The van der Waals surface area contributed by atoms with Crippen LogP contribution in [0.3, 0.4) is 0 Å². The summed E-state index contributed by atoms with van der Waals surface area (Å²) >= 11 is 1.23. The summed E-state index contributed by atoms with van der Waals surface area (Å²) in [7, 11) is -3.58. The number of rotatable bonds is 5. The molecule has 3 rings (SSSR count). The van der Waals surface area contributed by atoms with Crippen molar-refractivity contribution in [2.75, 3.05) is 0 Å². The predicted octanol–water partition coefficient (Wildman–Crippen LogP) is 2.32. The molecule has 2 atom stereocenters. The predicted molar refractivity (Wildman–Crippen MR) is 79.9 cm³/mol. The van der Waals surface area contributed by atoms with Crippen LogP contribution in [0.5, 0.6) is 0 Å². The van der Waals surface area contributed by atoms with Crippen molar-refractivity contribution in [3.63, 3.8) is 0 Å². The molecule has 2 N–H and O–H groups in total. The number of thiophene rings is 1. The molecule has 0 unspecified atom stereocenters. The van der Waals surface area contributed by atoms with Gasteiger partial charge in [-0.25, -0.2) is 13.1 Å². The van der Waals surface area contributed by atoms with Crippen LogP contribution in [-0.2, 0) is 14.8 Å². The smallest absolute Gasteiger partial charge is 0.306 e. The third kappa shape index (κ3) is 3.20. The summed E-state index contributed by atoms with van der Waals surface area (Å²) in [5.41, 5.74) is 0.905. The van der Waals surface area contributed by atoms with Crippen LogP contribution < -0.4 is 4.72 Å². The largest absolute Gasteiger partial charge is 0.481 e. The maximum absolute atomic E-state index is 12.5. The second-order valence-corrected chi connectivity index (χ2v) is 8.43. The molecule has 1 aromatic heterocycles. The van der Waals surface area contributed by atoms with Gasteiger partial charge in [0.15, 0.2) is 0 Å². The highest BCUT2D eigenvalue weighted by Crippen LogP contribution is 2.44. The van der Waals surface area contributed by atoms with Gasteiger partial charge in [0.2, 0.25) is 0 Å². The molecule has 0 saturated heterocycles. The van der Waals surface area contributed by atoms with E-state index in [2.05, 4.69) is 4.72 Å². The van der Waals surface area contributed by atoms with E-state index in [1.165, 1.54) is 11.3 Å². The molecule has 2 aliphatic carbocycles. The molecule has 2 aliphatic rings. The van der Waals surface area contributed by atoms with Crippen LogP contribution in [0.1, 0.15) is 37.2 Å². The zero-order valence-electron chi connectivity index (χ0n) is 11.4. The summed E-state index contributed by atoms with van der Waals surface area (Å²) in [5, 5.41) is 10.9. The summed E-state index contributed by atoms with van der Waals surface area (Å²) in [4.78, 5) is 11.0. The van der Waals surface area contributed by atoms with E-state index in [1.807, 2.05) is 6.07 Å². The Balaban J connectivity index is 1.77. The van der Waals surface area contributed by atoms with Gasteiger partial charge in [0, 0.05) is 6.04 Å². The van der Waals surface area contributed by atoms with E-state index in [0.29, 0.717) is 23.0 Å². The third-order valence-electron chi connectivity index (χ3n) is 3.90. The highest BCUT2D eigenvalue weighted by atomic mass is 32.2. The Bertz CT molecular complexity index is 673. The third-order valence-corrected chi connectivity index (χ3v) is 6.91. The molecule has 1 aromatic rings. The van der Waals surface area contributed by atoms with E-state index in [9.17, 15) is 13.2 Å². The molecule has 1 heterocycles. The van der Waals surface area contributed by atoms with Gasteiger partial charge in [-0.3, -0.25) is 4.79 Å². The van der Waals surface area contributed by atoms with Crippen molar-refractivity contribution >= 4 is 27.3 Å². The van der Waals surface area contributed by atoms with E-state index in [-0.39, 0.29) is 0 Å². The molecule has 0 bridgehead atoms. The average molecular weight is 327 g/mol. The molecule has 5 nitrogen and oxygen atoms in total. The molecular weight excluding hydrogens is 310 g/mol. The fourth-order valence-electron chi connectivity index (χ4n) is 2.65. The number of carboxylic acid groups (broad SMARTS) is 1. The second-order valence-electron chi connectivity index (χ2n) is 5.60. The Morgan fingerprint density at radius 3 is 2.81 bits per heavy atom. The highest BCUT2D eigenvalue weighted by molar-refractivity contribution is 7.91. The molecule has 7 heteroatoms. The highest BCUT2D eigenvalue weighted by Gasteiger charge is 2.33. The molecule has 114 valence electrons. The number of hydrogen-bond donors (Lipinski definition) is 2. The van der Waals surface area contributed by atoms with Gasteiger partial charge in [-0.15, -0.1) is 11.3 Å². The fraction of sp³-hybridized carbons (Fsp3) is 0.500. The van der Waals surface area contributed by atoms with Crippen LogP contribution in [0.4, 0.5) is 0 Å². The Morgan fingerprint density at radius 2 is 2.14 bits per heavy atom. The quantitative estimate of drug-likeness (QED) is 0.813. The van der Waals surface area contributed by atoms with Gasteiger partial charge < -0.3 is 5.11 Å². The van der Waals surface area contributed by atoms with E-state index >= 15 is 0 Å². The number of carboxylic acids is 1. The number of hydrogen-bond acceptors (Lipinski definition) is 4. The van der Waals surface area contributed by atoms with Crippen LogP contribution in [0.15, 0.2) is 27.8 Å². The first-order valence-electron chi connectivity index (χ1n) is 6.96. The van der Waals surface area contributed by atoms with Crippen molar-refractivity contribution < 1.29 is 18.3 Å². The summed E-state index contributed by atoms with van der Waals surface area (Å²) in [6.07, 6.45) is 6.34. The van der Waals surface area contributed by atoms with Gasteiger partial charge in [-0.05, 0) is 48.6 Å². The molecule has 1 saturated carbocycles. The number of allylic oxidation sites excluding steroid dienone is 1. The molecule has 0 radical (unpaired) electrons. The summed E-state index contributed by atoms with van der Waals surface area (Å²) in [6.45, 7) is 0. The van der Waals surface area contributed by atoms with Crippen molar-refractivity contribution in [2.24, 2.45) is 5.92 Å². The van der Waals surface area contributed by atoms with Crippen LogP contribution >= 0.6 is 11.3 Å². The lowest BCUT2D eigenvalue weighted by Crippen LogP contribution is -2.37. The summed E-state index contributed by atoms with van der Waals surface area (Å²) in [5.74, 6) is -1.02. The maximum atomic E-state index is 12.5. The number of nitrogens with one attached hydrogen (secondary N) is 1. The van der Waals surface area contributed by atoms with Crippen molar-refractivity contribution in [1.29, 1.82) is 0 Å². The number of sulfonamides is 1. The standard InChI is InChI=1S/C14H17NO4S2/c16-13(17)10-2-1-3-11(8-10)15-21(18,19)14-12(6-7-20-14)9-4-5-9/h1,3,6-7,9-11,15H,2,4-5,8H2,(H,16,17)/t10-,11-/m1/s1. The Labute approximate surface area is 127 Å². The van der Waals surface area contributed by atoms with Crippen molar-refractivity contribution in [2.45, 2.75) is 41.9 Å². The normalized spacial score (nSPS) is 25.9. The van der Waals surface area contributed by atoms with Gasteiger partial charge in [0.05, 0.1) is 5.92 Å². The Morgan fingerprint density at radius 1 is 1.38 bits per heavy atom. The minimum Gasteiger partial charge on any atom is -0.481 e. The van der Waals surface area contributed by atoms with E-state index < -0.39 is 28.0 Å². The van der Waals surface area contributed by atoms with Gasteiger partial charge in [0.25, 0.3) is 10.0 Å². The molecule has 0 amide bonds. The molecular formula is C14H17NO4S2. The lowest BCUT2D eigenvalue weighted by atomic mass is 9.92. The van der Waals surface area contributed by atoms with Gasteiger partial charge in [0.1, 0.15) is 4.21 Å². The fourth-order valence-corrected chi connectivity index (χ4v) is 5.40. The Kier molecular flexibility index (Phi) is 3.90. The number of aliphatic carboxylic acids is 1. The van der Waals surface area contributed by atoms with Crippen molar-refractivity contribution in [3.8, 4) is 0 Å². The van der Waals surface area contributed by atoms with Gasteiger partial charge in [-0.1, -0.05) is 12.2 Å². The first-order valence-corrected chi connectivity index (χ1v) is 9.33. The lowest BCUT2D eigenvalue weighted by Gasteiger charge is -2.22. The molecule has 21 heavy (non-hydrogen) atoms. The lowest BCUT2D eigenvalue weighted by molar-refractivity contribution is -0.142. The zero-order chi connectivity index (χ0) is 15.0. The maximum Gasteiger partial charge on any atom is 0.306 e. The van der Waals surface area contributed by atoms with E-state index in [0.717, 1.165) is 18.4 Å². The topological polar surface area (TPSA) is 83.5 Å². The minimum absolute atomic E-state index is 0.301. The van der Waals surface area contributed by atoms with E-state index in [4.69, 9.17) is 5.11 Å². The molecule has 1 fully saturated rings. The first-order chi connectivity index (χ1) is 9.97. The van der Waals surface area contributed by atoms with Gasteiger partial charge in [-0.2, -0.15) is 0 Å². The molecule has 0 aromatic carbocycles. The van der Waals surface area contributed by atoms with Crippen LogP contribution in [0.2, 0.25) is 0 Å². The van der Waals surface area contributed by atoms with Crippen LogP contribution in [-0.4, -0.2) is 25.5 Å². The van der Waals surface area contributed by atoms with Gasteiger partial charge >= 0.3 is 5.97 Å². The molecule has 0 spiro atoms. The van der Waals surface area contributed by atoms with Crippen molar-refractivity contribution in [1.82, 2.24) is 4.72 Å². The van der Waals surface area contributed by atoms with Crippen LogP contribution in [0.25, 0.3) is 0 Å². The Hall–Kier alpha value is -1.18. The monoisotopic (exact) mass is 327 g/mol. The SMILES string of the molecule is O=C(O)[C@@H]1CC=C[C@@H](NS(=O)(=O)c2sccc2C2CC2)C1. The van der Waals surface area contributed by atoms with Crippen molar-refractivity contribution in [3.05, 3.63) is 29.2 Å². The first kappa shape index (κ1) is 14.7. The summed E-state index contributed by atoms with van der Waals surface area (Å²) < 4.78 is 28.0. The summed E-state index contributed by atoms with van der Waals surface area (Å²) in [6, 6.07) is 1.44. The average Bonchev–Trinajstić information content (AvgIpc) is 3.15. The van der Waals surface area contributed by atoms with Crippen LogP contribution in [0, 0.1) is 5.92 Å². The number of carbonyl (C=O) groups is 1. The minimum atomic E-state index is -3.58.